The number of hydrogen-bond acceptors (Lipinski definition) is 1. The van der Waals surface area contributed by atoms with E-state index in [1.807, 2.05) is 0 Å². The van der Waals surface area contributed by atoms with Crippen LogP contribution in [-0.2, 0) is 0 Å². The first-order chi connectivity index (χ1) is 4.59. The van der Waals surface area contributed by atoms with Crippen LogP contribution in [0.1, 0.15) is 34.1 Å². The topological polar surface area (TPSA) is 3.24 Å². The van der Waals surface area contributed by atoms with E-state index >= 15 is 0 Å². The fourth-order valence-corrected chi connectivity index (χ4v) is 1.87. The summed E-state index contributed by atoms with van der Waals surface area (Å²) < 4.78 is 0. The Kier molecular flexibility index (Phi) is 2.04. The summed E-state index contributed by atoms with van der Waals surface area (Å²) in [6.07, 6.45) is 1.38. The number of rotatable bonds is 1. The Morgan fingerprint density at radius 3 is 2.30 bits per heavy atom. The molecule has 1 nitrogen and oxygen atoms in total. The zero-order valence-electron chi connectivity index (χ0n) is 7.65. The Hall–Kier alpha value is -0.0400. The molecule has 0 aromatic carbocycles. The first-order valence-corrected chi connectivity index (χ1v) is 4.34. The summed E-state index contributed by atoms with van der Waals surface area (Å²) in [7, 11) is 0. The molecule has 1 saturated heterocycles. The van der Waals surface area contributed by atoms with Gasteiger partial charge < -0.3 is 0 Å². The molecule has 0 aromatic rings. The van der Waals surface area contributed by atoms with Gasteiger partial charge in [-0.3, -0.25) is 4.90 Å². The molecule has 1 atom stereocenters. The van der Waals surface area contributed by atoms with Crippen LogP contribution in [0.15, 0.2) is 0 Å². The van der Waals surface area contributed by atoms with Gasteiger partial charge in [0.25, 0.3) is 0 Å². The van der Waals surface area contributed by atoms with E-state index in [0.717, 1.165) is 5.92 Å². The standard InChI is InChI=1S/C9H19N/c1-5-10-7-6-8(2)9(10,3)4/h8H,5-7H2,1-4H3/t8-/m0/s1. The predicted molar refractivity (Wildman–Crippen MR) is 45.1 cm³/mol. The van der Waals surface area contributed by atoms with Crippen molar-refractivity contribution in [1.29, 1.82) is 0 Å². The molecule has 0 amide bonds. The Morgan fingerprint density at radius 1 is 1.50 bits per heavy atom. The largest absolute Gasteiger partial charge is 0.298 e. The summed E-state index contributed by atoms with van der Waals surface area (Å²) in [5.41, 5.74) is 0.453. The normalized spacial score (nSPS) is 33.0. The molecule has 1 rings (SSSR count). The number of hydrogen-bond donors (Lipinski definition) is 0. The van der Waals surface area contributed by atoms with Crippen LogP contribution in [0.25, 0.3) is 0 Å². The summed E-state index contributed by atoms with van der Waals surface area (Å²) in [4.78, 5) is 2.57. The molecule has 0 aliphatic carbocycles. The maximum absolute atomic E-state index is 2.57. The van der Waals surface area contributed by atoms with E-state index in [-0.39, 0.29) is 0 Å². The van der Waals surface area contributed by atoms with Gasteiger partial charge in [0.05, 0.1) is 0 Å². The SMILES string of the molecule is CCN1CC[C@H](C)C1(C)C. The van der Waals surface area contributed by atoms with Crippen LogP contribution in [0.4, 0.5) is 0 Å². The number of likely N-dealkylation sites (tertiary alicyclic amines) is 1. The lowest BCUT2D eigenvalue weighted by atomic mass is 9.90. The maximum Gasteiger partial charge on any atom is 0.0179 e. The summed E-state index contributed by atoms with van der Waals surface area (Å²) in [6, 6.07) is 0. The highest BCUT2D eigenvalue weighted by Crippen LogP contribution is 2.33. The minimum absolute atomic E-state index is 0.453. The second-order valence-electron chi connectivity index (χ2n) is 3.92. The van der Waals surface area contributed by atoms with Gasteiger partial charge in [0.15, 0.2) is 0 Å². The molecule has 0 radical (unpaired) electrons. The van der Waals surface area contributed by atoms with Crippen LogP contribution >= 0.6 is 0 Å². The van der Waals surface area contributed by atoms with Crippen molar-refractivity contribution < 1.29 is 0 Å². The van der Waals surface area contributed by atoms with Crippen molar-refractivity contribution in [1.82, 2.24) is 4.90 Å². The molecule has 0 aromatic heterocycles. The predicted octanol–water partition coefficient (Wildman–Crippen LogP) is 2.13. The first kappa shape index (κ1) is 8.06. The second-order valence-corrected chi connectivity index (χ2v) is 3.92. The minimum Gasteiger partial charge on any atom is -0.298 e. The third-order valence-corrected chi connectivity index (χ3v) is 3.23. The van der Waals surface area contributed by atoms with E-state index < -0.39 is 0 Å². The molecule has 0 unspecified atom stereocenters. The van der Waals surface area contributed by atoms with Gasteiger partial charge in [0, 0.05) is 5.54 Å². The fourth-order valence-electron chi connectivity index (χ4n) is 1.87. The molecular formula is C9H19N. The number of nitrogens with zero attached hydrogens (tertiary/aromatic N) is 1. The lowest BCUT2D eigenvalue weighted by molar-refractivity contribution is 0.153. The molecule has 0 saturated carbocycles. The Labute approximate surface area is 64.4 Å². The van der Waals surface area contributed by atoms with Crippen molar-refractivity contribution in [3.63, 3.8) is 0 Å². The zero-order valence-corrected chi connectivity index (χ0v) is 7.65. The Bertz CT molecular complexity index is 118. The van der Waals surface area contributed by atoms with Crippen LogP contribution in [0, 0.1) is 5.92 Å². The summed E-state index contributed by atoms with van der Waals surface area (Å²) in [5.74, 6) is 0.868. The van der Waals surface area contributed by atoms with Crippen molar-refractivity contribution in [3.05, 3.63) is 0 Å². The maximum atomic E-state index is 2.57. The average Bonchev–Trinajstić information content (AvgIpc) is 2.10. The van der Waals surface area contributed by atoms with E-state index in [9.17, 15) is 0 Å². The molecule has 0 bridgehead atoms. The van der Waals surface area contributed by atoms with Crippen molar-refractivity contribution in [2.24, 2.45) is 5.92 Å². The average molecular weight is 141 g/mol. The molecule has 1 fully saturated rings. The van der Waals surface area contributed by atoms with Crippen LogP contribution in [0.3, 0.4) is 0 Å². The highest BCUT2D eigenvalue weighted by Gasteiger charge is 2.36. The molecule has 60 valence electrons. The van der Waals surface area contributed by atoms with Crippen LogP contribution in [0.2, 0.25) is 0 Å². The molecular weight excluding hydrogens is 122 g/mol. The monoisotopic (exact) mass is 141 g/mol. The van der Waals surface area contributed by atoms with Crippen molar-refractivity contribution >= 4 is 0 Å². The van der Waals surface area contributed by atoms with Gasteiger partial charge in [-0.15, -0.1) is 0 Å². The Balaban J connectivity index is 2.64. The Morgan fingerprint density at radius 2 is 2.10 bits per heavy atom. The molecule has 1 aliphatic heterocycles. The highest BCUT2D eigenvalue weighted by molar-refractivity contribution is 4.92. The lowest BCUT2D eigenvalue weighted by Gasteiger charge is -2.33. The first-order valence-electron chi connectivity index (χ1n) is 4.34. The zero-order chi connectivity index (χ0) is 7.78. The van der Waals surface area contributed by atoms with Gasteiger partial charge in [-0.05, 0) is 39.3 Å². The van der Waals surface area contributed by atoms with Gasteiger partial charge in [0.1, 0.15) is 0 Å². The van der Waals surface area contributed by atoms with Gasteiger partial charge in [-0.1, -0.05) is 13.8 Å². The summed E-state index contributed by atoms with van der Waals surface area (Å²) in [5, 5.41) is 0. The lowest BCUT2D eigenvalue weighted by Crippen LogP contribution is -2.41. The molecule has 0 spiro atoms. The summed E-state index contributed by atoms with van der Waals surface area (Å²) in [6.45, 7) is 11.8. The van der Waals surface area contributed by atoms with E-state index in [4.69, 9.17) is 0 Å². The quantitative estimate of drug-likeness (QED) is 0.540. The van der Waals surface area contributed by atoms with E-state index in [1.165, 1.54) is 19.5 Å². The third-order valence-electron chi connectivity index (χ3n) is 3.23. The fraction of sp³-hybridized carbons (Fsp3) is 1.00. The second kappa shape index (κ2) is 2.54. The van der Waals surface area contributed by atoms with E-state index in [2.05, 4.69) is 32.6 Å². The van der Waals surface area contributed by atoms with Crippen molar-refractivity contribution in [2.75, 3.05) is 13.1 Å². The van der Waals surface area contributed by atoms with E-state index in [0.29, 0.717) is 5.54 Å². The van der Waals surface area contributed by atoms with Gasteiger partial charge in [-0.2, -0.15) is 0 Å². The van der Waals surface area contributed by atoms with Crippen LogP contribution in [0.5, 0.6) is 0 Å². The molecule has 1 heteroatoms. The summed E-state index contributed by atoms with van der Waals surface area (Å²) >= 11 is 0. The van der Waals surface area contributed by atoms with Crippen molar-refractivity contribution in [3.8, 4) is 0 Å². The van der Waals surface area contributed by atoms with Gasteiger partial charge in [-0.25, -0.2) is 0 Å². The van der Waals surface area contributed by atoms with Crippen LogP contribution in [-0.4, -0.2) is 23.5 Å². The minimum atomic E-state index is 0.453. The smallest absolute Gasteiger partial charge is 0.0179 e. The third kappa shape index (κ3) is 1.07. The molecule has 1 aliphatic rings. The van der Waals surface area contributed by atoms with Gasteiger partial charge >= 0.3 is 0 Å². The molecule has 0 N–H and O–H groups in total. The van der Waals surface area contributed by atoms with Crippen LogP contribution < -0.4 is 0 Å². The van der Waals surface area contributed by atoms with Crippen molar-refractivity contribution in [2.45, 2.75) is 39.7 Å². The van der Waals surface area contributed by atoms with E-state index in [1.54, 1.807) is 0 Å². The molecule has 10 heavy (non-hydrogen) atoms. The molecule has 1 heterocycles. The highest BCUT2D eigenvalue weighted by atomic mass is 15.2. The van der Waals surface area contributed by atoms with Gasteiger partial charge in [0.2, 0.25) is 0 Å².